The molecule has 1 aromatic carbocycles. The Kier molecular flexibility index (Phi) is 6.59. The molecule has 1 N–H and O–H groups in total. The lowest BCUT2D eigenvalue weighted by Crippen LogP contribution is -2.37. The maximum Gasteiger partial charge on any atom is 0.265 e. The second kappa shape index (κ2) is 9.13. The number of carbonyl (C=O) groups is 1. The van der Waals surface area contributed by atoms with Crippen LogP contribution in [-0.4, -0.2) is 47.9 Å². The second-order valence-corrected chi connectivity index (χ2v) is 7.52. The number of hydrogen-bond acceptors (Lipinski definition) is 6. The highest BCUT2D eigenvalue weighted by atomic mass is 16.5. The summed E-state index contributed by atoms with van der Waals surface area (Å²) < 4.78 is 5.07. The minimum atomic E-state index is -0.194. The molecule has 0 radical (unpaired) electrons. The fourth-order valence-electron chi connectivity index (χ4n) is 3.45. The molecule has 1 atom stereocenters. The van der Waals surface area contributed by atoms with Crippen molar-refractivity contribution in [3.05, 3.63) is 41.3 Å². The van der Waals surface area contributed by atoms with Crippen molar-refractivity contribution in [2.75, 3.05) is 25.2 Å². The zero-order chi connectivity index (χ0) is 21.0. The summed E-state index contributed by atoms with van der Waals surface area (Å²) in [5.41, 5.74) is 5.46. The van der Waals surface area contributed by atoms with E-state index in [9.17, 15) is 4.79 Å². The summed E-state index contributed by atoms with van der Waals surface area (Å²) in [4.78, 5) is 28.2. The quantitative estimate of drug-likeness (QED) is 0.727. The number of aryl methyl sites for hydroxylation is 2. The van der Waals surface area contributed by atoms with Crippen LogP contribution < -0.4 is 10.2 Å². The first-order chi connectivity index (χ1) is 13.9. The molecule has 154 valence electrons. The molecule has 7 nitrogen and oxygen atoms in total. The van der Waals surface area contributed by atoms with E-state index in [0.29, 0.717) is 18.0 Å². The van der Waals surface area contributed by atoms with Crippen LogP contribution >= 0.6 is 0 Å². The van der Waals surface area contributed by atoms with Gasteiger partial charge in [0, 0.05) is 32.0 Å². The Bertz CT molecular complexity index is 925. The first kappa shape index (κ1) is 20.9. The van der Waals surface area contributed by atoms with Crippen LogP contribution in [0.25, 0.3) is 0 Å². The number of ether oxygens (including phenoxy) is 1. The molecule has 3 rings (SSSR count). The van der Waals surface area contributed by atoms with Gasteiger partial charge in [0.25, 0.3) is 5.91 Å². The Balaban J connectivity index is 1.88. The largest absolute Gasteiger partial charge is 0.385 e. The van der Waals surface area contributed by atoms with E-state index < -0.39 is 0 Å². The van der Waals surface area contributed by atoms with Crippen LogP contribution in [0.5, 0.6) is 0 Å². The number of aromatic nitrogens is 2. The molecule has 7 heteroatoms. The number of fused-ring (bicyclic) bond motifs is 1. The first-order valence-corrected chi connectivity index (χ1v) is 9.94. The highest BCUT2D eigenvalue weighted by Crippen LogP contribution is 2.39. The Morgan fingerprint density at radius 2 is 2.14 bits per heavy atom. The third-order valence-corrected chi connectivity index (χ3v) is 5.11. The number of nitrogens with one attached hydrogen (secondary N) is 1. The Morgan fingerprint density at radius 1 is 1.34 bits per heavy atom. The molecule has 0 fully saturated rings. The highest BCUT2D eigenvalue weighted by Gasteiger charge is 2.25. The maximum atomic E-state index is 12.6. The molecule has 0 bridgehead atoms. The molecule has 0 aliphatic carbocycles. The van der Waals surface area contributed by atoms with Crippen LogP contribution in [-0.2, 0) is 16.0 Å². The Morgan fingerprint density at radius 3 is 2.90 bits per heavy atom. The van der Waals surface area contributed by atoms with E-state index in [4.69, 9.17) is 4.74 Å². The van der Waals surface area contributed by atoms with Gasteiger partial charge in [-0.15, -0.1) is 0 Å². The number of anilines is 2. The van der Waals surface area contributed by atoms with Gasteiger partial charge in [-0.05, 0) is 52.2 Å². The van der Waals surface area contributed by atoms with Crippen molar-refractivity contribution in [3.8, 4) is 0 Å². The molecule has 2 heterocycles. The molecule has 0 saturated heterocycles. The monoisotopic (exact) mass is 395 g/mol. The van der Waals surface area contributed by atoms with E-state index in [0.717, 1.165) is 36.6 Å². The van der Waals surface area contributed by atoms with E-state index in [2.05, 4.69) is 50.3 Å². The summed E-state index contributed by atoms with van der Waals surface area (Å²) in [6.45, 7) is 9.09. The number of amides is 1. The summed E-state index contributed by atoms with van der Waals surface area (Å²) in [5.74, 6) is 0.542. The summed E-state index contributed by atoms with van der Waals surface area (Å²) >= 11 is 0. The molecule has 1 aliphatic rings. The van der Waals surface area contributed by atoms with Crippen LogP contribution in [0.3, 0.4) is 0 Å². The van der Waals surface area contributed by atoms with Crippen molar-refractivity contribution in [3.63, 3.8) is 0 Å². The molecule has 29 heavy (non-hydrogen) atoms. The van der Waals surface area contributed by atoms with Gasteiger partial charge in [0.05, 0.1) is 5.69 Å². The van der Waals surface area contributed by atoms with Crippen molar-refractivity contribution in [2.45, 2.75) is 46.6 Å². The van der Waals surface area contributed by atoms with Gasteiger partial charge in [0.2, 0.25) is 0 Å². The molecule has 0 saturated carbocycles. The fourth-order valence-corrected chi connectivity index (χ4v) is 3.45. The van der Waals surface area contributed by atoms with Gasteiger partial charge in [0.1, 0.15) is 17.7 Å². The van der Waals surface area contributed by atoms with Gasteiger partial charge in [-0.25, -0.2) is 15.0 Å². The zero-order valence-electron chi connectivity index (χ0n) is 17.8. The van der Waals surface area contributed by atoms with Gasteiger partial charge >= 0.3 is 0 Å². The van der Waals surface area contributed by atoms with E-state index >= 15 is 0 Å². The topological polar surface area (TPSA) is 79.7 Å². The van der Waals surface area contributed by atoms with Gasteiger partial charge in [-0.2, -0.15) is 0 Å². The third kappa shape index (κ3) is 4.79. The SMILES string of the molecule is COCCC(C)NC(=O)C(C)=Nc1c(C)ncnc1N1CCc2cc(C)ccc21. The minimum Gasteiger partial charge on any atom is -0.385 e. The number of benzene rings is 1. The number of hydrogen-bond donors (Lipinski definition) is 1. The fraction of sp³-hybridized carbons (Fsp3) is 0.455. The predicted molar refractivity (Wildman–Crippen MR) is 116 cm³/mol. The smallest absolute Gasteiger partial charge is 0.265 e. The molecule has 1 unspecified atom stereocenters. The molecule has 1 amide bonds. The predicted octanol–water partition coefficient (Wildman–Crippen LogP) is 3.42. The van der Waals surface area contributed by atoms with Crippen LogP contribution in [0.15, 0.2) is 29.5 Å². The van der Waals surface area contributed by atoms with Crippen molar-refractivity contribution in [1.82, 2.24) is 15.3 Å². The van der Waals surface area contributed by atoms with E-state index in [-0.39, 0.29) is 11.9 Å². The van der Waals surface area contributed by atoms with E-state index in [1.807, 2.05) is 13.8 Å². The molecule has 0 spiro atoms. The lowest BCUT2D eigenvalue weighted by atomic mass is 10.1. The van der Waals surface area contributed by atoms with Crippen LogP contribution in [0, 0.1) is 13.8 Å². The van der Waals surface area contributed by atoms with Crippen molar-refractivity contribution >= 4 is 28.8 Å². The molecule has 1 aromatic heterocycles. The van der Waals surface area contributed by atoms with Crippen molar-refractivity contribution < 1.29 is 9.53 Å². The first-order valence-electron chi connectivity index (χ1n) is 9.94. The Hall–Kier alpha value is -2.80. The molecule has 2 aromatic rings. The zero-order valence-corrected chi connectivity index (χ0v) is 17.8. The average Bonchev–Trinajstić information content (AvgIpc) is 3.10. The standard InChI is InChI=1S/C22H29N5O2/c1-14-6-7-19-18(12-14)8-10-27(19)21-20(16(3)23-13-24-21)26-17(4)22(28)25-15(2)9-11-29-5/h6-7,12-13,15H,8-11H2,1-5H3,(H,25,28). The summed E-state index contributed by atoms with van der Waals surface area (Å²) in [6, 6.07) is 6.45. The number of aliphatic imine (C=N–C) groups is 1. The summed E-state index contributed by atoms with van der Waals surface area (Å²) in [5, 5.41) is 2.96. The maximum absolute atomic E-state index is 12.6. The molecular formula is C22H29N5O2. The highest BCUT2D eigenvalue weighted by molar-refractivity contribution is 6.38. The average molecular weight is 396 g/mol. The third-order valence-electron chi connectivity index (χ3n) is 5.11. The number of rotatable bonds is 7. The molecule has 1 aliphatic heterocycles. The van der Waals surface area contributed by atoms with E-state index in [1.165, 1.54) is 11.1 Å². The number of carbonyl (C=O) groups excluding carboxylic acids is 1. The molecular weight excluding hydrogens is 366 g/mol. The lowest BCUT2D eigenvalue weighted by Gasteiger charge is -2.21. The van der Waals surface area contributed by atoms with E-state index in [1.54, 1.807) is 20.4 Å². The normalized spacial score (nSPS) is 14.7. The minimum absolute atomic E-state index is 0.00823. The number of nitrogens with zero attached hydrogens (tertiary/aromatic N) is 4. The number of methoxy groups -OCH3 is 1. The van der Waals surface area contributed by atoms with Crippen LogP contribution in [0.1, 0.15) is 37.1 Å². The van der Waals surface area contributed by atoms with Crippen molar-refractivity contribution in [2.24, 2.45) is 4.99 Å². The van der Waals surface area contributed by atoms with Gasteiger partial charge in [0.15, 0.2) is 5.82 Å². The van der Waals surface area contributed by atoms with Crippen LogP contribution in [0.2, 0.25) is 0 Å². The Labute approximate surface area is 172 Å². The van der Waals surface area contributed by atoms with Crippen LogP contribution in [0.4, 0.5) is 17.2 Å². The lowest BCUT2D eigenvalue weighted by molar-refractivity contribution is -0.115. The van der Waals surface area contributed by atoms with Crippen molar-refractivity contribution in [1.29, 1.82) is 0 Å². The van der Waals surface area contributed by atoms with Gasteiger partial charge in [-0.1, -0.05) is 17.7 Å². The summed E-state index contributed by atoms with van der Waals surface area (Å²) in [7, 11) is 1.65. The summed E-state index contributed by atoms with van der Waals surface area (Å²) in [6.07, 6.45) is 3.26. The van der Waals surface area contributed by atoms with Gasteiger partial charge < -0.3 is 15.0 Å². The van der Waals surface area contributed by atoms with Gasteiger partial charge in [-0.3, -0.25) is 4.79 Å². The second-order valence-electron chi connectivity index (χ2n) is 7.52.